The molecule has 1 N–H and O–H groups in total. The summed E-state index contributed by atoms with van der Waals surface area (Å²) in [6, 6.07) is 12.9. The summed E-state index contributed by atoms with van der Waals surface area (Å²) in [5.74, 6) is 0.449. The fourth-order valence-electron chi connectivity index (χ4n) is 1.93. The van der Waals surface area contributed by atoms with Crippen molar-refractivity contribution in [2.45, 2.75) is 19.5 Å². The van der Waals surface area contributed by atoms with E-state index in [2.05, 4.69) is 12.2 Å². The zero-order valence-corrected chi connectivity index (χ0v) is 12.2. The van der Waals surface area contributed by atoms with Gasteiger partial charge in [-0.05, 0) is 42.3 Å². The Morgan fingerprint density at radius 1 is 1.20 bits per heavy atom. The maximum atomic E-state index is 13.1. The first-order valence-electron chi connectivity index (χ1n) is 6.41. The average Bonchev–Trinajstić information content (AvgIpc) is 2.48. The third-order valence-electron chi connectivity index (χ3n) is 3.21. The van der Waals surface area contributed by atoms with Crippen LogP contribution in [-0.4, -0.2) is 7.11 Å². The molecule has 2 rings (SSSR count). The average molecular weight is 294 g/mol. The van der Waals surface area contributed by atoms with Gasteiger partial charge in [-0.15, -0.1) is 0 Å². The normalized spacial score (nSPS) is 12.2. The minimum absolute atomic E-state index is 0.154. The topological polar surface area (TPSA) is 21.3 Å². The van der Waals surface area contributed by atoms with Gasteiger partial charge in [0.25, 0.3) is 0 Å². The van der Waals surface area contributed by atoms with E-state index >= 15 is 0 Å². The Kier molecular flexibility index (Phi) is 4.99. The van der Waals surface area contributed by atoms with Gasteiger partial charge < -0.3 is 10.1 Å². The highest BCUT2D eigenvalue weighted by Crippen LogP contribution is 2.19. The zero-order chi connectivity index (χ0) is 14.5. The minimum Gasteiger partial charge on any atom is -0.497 e. The predicted octanol–water partition coefficient (Wildman–Crippen LogP) is 4.34. The predicted molar refractivity (Wildman–Crippen MR) is 79.7 cm³/mol. The van der Waals surface area contributed by atoms with Crippen LogP contribution in [0.3, 0.4) is 0 Å². The van der Waals surface area contributed by atoms with Crippen molar-refractivity contribution in [1.82, 2.24) is 5.32 Å². The van der Waals surface area contributed by atoms with Crippen molar-refractivity contribution in [3.05, 3.63) is 64.4 Å². The highest BCUT2D eigenvalue weighted by Gasteiger charge is 2.06. The first kappa shape index (κ1) is 14.8. The number of hydrogen-bond acceptors (Lipinski definition) is 2. The molecule has 0 radical (unpaired) electrons. The number of ether oxygens (including phenoxy) is 1. The Balaban J connectivity index is 1.96. The molecule has 0 aliphatic heterocycles. The van der Waals surface area contributed by atoms with Crippen LogP contribution in [0, 0.1) is 5.82 Å². The smallest absolute Gasteiger partial charge is 0.141 e. The van der Waals surface area contributed by atoms with Crippen molar-refractivity contribution in [3.8, 4) is 5.75 Å². The molecular weight excluding hydrogens is 277 g/mol. The summed E-state index contributed by atoms with van der Waals surface area (Å²) in [4.78, 5) is 0. The van der Waals surface area contributed by atoms with Crippen molar-refractivity contribution in [2.24, 2.45) is 0 Å². The van der Waals surface area contributed by atoms with Crippen LogP contribution < -0.4 is 10.1 Å². The lowest BCUT2D eigenvalue weighted by molar-refractivity contribution is 0.414. The number of nitrogens with one attached hydrogen (secondary N) is 1. The molecular formula is C16H17ClFNO. The number of halogens is 2. The van der Waals surface area contributed by atoms with Gasteiger partial charge in [-0.3, -0.25) is 0 Å². The molecule has 4 heteroatoms. The Bertz CT molecular complexity index is 571. The lowest BCUT2D eigenvalue weighted by Crippen LogP contribution is -2.18. The molecule has 0 amide bonds. The van der Waals surface area contributed by atoms with Gasteiger partial charge in [-0.1, -0.05) is 29.8 Å². The molecule has 1 atom stereocenters. The summed E-state index contributed by atoms with van der Waals surface area (Å²) in [6.07, 6.45) is 0. The molecule has 0 unspecified atom stereocenters. The van der Waals surface area contributed by atoms with Gasteiger partial charge in [0, 0.05) is 12.6 Å². The van der Waals surface area contributed by atoms with E-state index in [-0.39, 0.29) is 11.1 Å². The van der Waals surface area contributed by atoms with E-state index in [1.807, 2.05) is 24.3 Å². The van der Waals surface area contributed by atoms with Crippen LogP contribution in [0.15, 0.2) is 42.5 Å². The second kappa shape index (κ2) is 6.73. The van der Waals surface area contributed by atoms with E-state index in [9.17, 15) is 4.39 Å². The monoisotopic (exact) mass is 293 g/mol. The van der Waals surface area contributed by atoms with Gasteiger partial charge in [0.1, 0.15) is 11.6 Å². The first-order valence-corrected chi connectivity index (χ1v) is 6.79. The lowest BCUT2D eigenvalue weighted by atomic mass is 10.1. The highest BCUT2D eigenvalue weighted by molar-refractivity contribution is 6.30. The Hall–Kier alpha value is -1.58. The molecule has 20 heavy (non-hydrogen) atoms. The van der Waals surface area contributed by atoms with Crippen LogP contribution in [-0.2, 0) is 6.54 Å². The SMILES string of the molecule is COc1ccc([C@@H](C)NCc2ccc(F)c(Cl)c2)cc1. The van der Waals surface area contributed by atoms with Crippen molar-refractivity contribution in [2.75, 3.05) is 7.11 Å². The molecule has 0 bridgehead atoms. The van der Waals surface area contributed by atoms with Crippen molar-refractivity contribution < 1.29 is 9.13 Å². The summed E-state index contributed by atoms with van der Waals surface area (Å²) >= 11 is 5.76. The Morgan fingerprint density at radius 3 is 2.50 bits per heavy atom. The van der Waals surface area contributed by atoms with Gasteiger partial charge in [0.15, 0.2) is 0 Å². The van der Waals surface area contributed by atoms with E-state index < -0.39 is 5.82 Å². The van der Waals surface area contributed by atoms with Crippen molar-refractivity contribution in [3.63, 3.8) is 0 Å². The van der Waals surface area contributed by atoms with Gasteiger partial charge in [0.2, 0.25) is 0 Å². The maximum Gasteiger partial charge on any atom is 0.141 e. The Morgan fingerprint density at radius 2 is 1.90 bits per heavy atom. The molecule has 0 saturated heterocycles. The van der Waals surface area contributed by atoms with Crippen molar-refractivity contribution >= 4 is 11.6 Å². The molecule has 0 aliphatic carbocycles. The Labute approximate surface area is 123 Å². The molecule has 2 aromatic carbocycles. The third-order valence-corrected chi connectivity index (χ3v) is 3.50. The van der Waals surface area contributed by atoms with Gasteiger partial charge in [-0.2, -0.15) is 0 Å². The summed E-state index contributed by atoms with van der Waals surface area (Å²) in [6.45, 7) is 2.71. The molecule has 2 aromatic rings. The van der Waals surface area contributed by atoms with E-state index in [0.29, 0.717) is 6.54 Å². The van der Waals surface area contributed by atoms with Crippen LogP contribution in [0.1, 0.15) is 24.1 Å². The molecule has 0 fully saturated rings. The van der Waals surface area contributed by atoms with Gasteiger partial charge >= 0.3 is 0 Å². The number of methoxy groups -OCH3 is 1. The zero-order valence-electron chi connectivity index (χ0n) is 11.5. The molecule has 0 spiro atoms. The molecule has 0 saturated carbocycles. The van der Waals surface area contributed by atoms with E-state index in [1.165, 1.54) is 11.6 Å². The lowest BCUT2D eigenvalue weighted by Gasteiger charge is -2.15. The number of benzene rings is 2. The van der Waals surface area contributed by atoms with Crippen LogP contribution >= 0.6 is 11.6 Å². The quantitative estimate of drug-likeness (QED) is 0.885. The van der Waals surface area contributed by atoms with E-state index in [1.54, 1.807) is 19.2 Å². The van der Waals surface area contributed by atoms with Crippen molar-refractivity contribution in [1.29, 1.82) is 0 Å². The highest BCUT2D eigenvalue weighted by atomic mass is 35.5. The molecule has 0 aliphatic rings. The van der Waals surface area contributed by atoms with E-state index in [4.69, 9.17) is 16.3 Å². The van der Waals surface area contributed by atoms with Crippen LogP contribution in [0.25, 0.3) is 0 Å². The molecule has 2 nitrogen and oxygen atoms in total. The molecule has 106 valence electrons. The van der Waals surface area contributed by atoms with Crippen LogP contribution in [0.2, 0.25) is 5.02 Å². The maximum absolute atomic E-state index is 13.1. The second-order valence-electron chi connectivity index (χ2n) is 4.62. The van der Waals surface area contributed by atoms with Crippen LogP contribution in [0.5, 0.6) is 5.75 Å². The fraction of sp³-hybridized carbons (Fsp3) is 0.250. The number of hydrogen-bond donors (Lipinski definition) is 1. The largest absolute Gasteiger partial charge is 0.497 e. The fourth-order valence-corrected chi connectivity index (χ4v) is 2.13. The van der Waals surface area contributed by atoms with E-state index in [0.717, 1.165) is 11.3 Å². The summed E-state index contributed by atoms with van der Waals surface area (Å²) in [5, 5.41) is 3.53. The first-order chi connectivity index (χ1) is 9.60. The van der Waals surface area contributed by atoms with Gasteiger partial charge in [0.05, 0.1) is 12.1 Å². The molecule has 0 heterocycles. The van der Waals surface area contributed by atoms with Crippen LogP contribution in [0.4, 0.5) is 4.39 Å². The summed E-state index contributed by atoms with van der Waals surface area (Å²) in [7, 11) is 1.65. The van der Waals surface area contributed by atoms with Gasteiger partial charge in [-0.25, -0.2) is 4.39 Å². The number of rotatable bonds is 5. The summed E-state index contributed by atoms with van der Waals surface area (Å²) in [5.41, 5.74) is 2.12. The standard InChI is InChI=1S/C16H17ClFNO/c1-11(13-4-6-14(20-2)7-5-13)19-10-12-3-8-16(18)15(17)9-12/h3-9,11,19H,10H2,1-2H3/t11-/m1/s1. The second-order valence-corrected chi connectivity index (χ2v) is 5.03. The molecule has 0 aromatic heterocycles. The third kappa shape index (κ3) is 3.71. The summed E-state index contributed by atoms with van der Waals surface area (Å²) < 4.78 is 18.2. The minimum atomic E-state index is -0.390.